The molecule has 2 fully saturated rings. The van der Waals surface area contributed by atoms with Crippen LogP contribution in [0.1, 0.15) is 63.8 Å². The van der Waals surface area contributed by atoms with Gasteiger partial charge in [-0.25, -0.2) is 4.79 Å². The second-order valence-electron chi connectivity index (χ2n) is 9.23. The number of carbonyl (C=O) groups is 1. The molecule has 1 aromatic rings. The summed E-state index contributed by atoms with van der Waals surface area (Å²) in [6, 6.07) is 8.32. The van der Waals surface area contributed by atoms with Crippen molar-refractivity contribution in [2.45, 2.75) is 52.7 Å². The molecule has 0 radical (unpaired) electrons. The van der Waals surface area contributed by atoms with Crippen LogP contribution in [0, 0.1) is 17.3 Å². The summed E-state index contributed by atoms with van der Waals surface area (Å²) in [7, 11) is 0. The molecule has 5 heteroatoms. The second-order valence-corrected chi connectivity index (χ2v) is 9.23. The number of carbonyl (C=O) groups excluding carboxylic acids is 1. The van der Waals surface area contributed by atoms with Gasteiger partial charge in [-0.1, -0.05) is 45.0 Å². The first-order valence-electron chi connectivity index (χ1n) is 10.3. The van der Waals surface area contributed by atoms with Gasteiger partial charge in [-0.15, -0.1) is 0 Å². The Bertz CT molecular complexity index is 626. The molecule has 3 atom stereocenters. The Labute approximate surface area is 163 Å². The summed E-state index contributed by atoms with van der Waals surface area (Å²) in [5.74, 6) is 0.935. The molecule has 1 amide bonds. The van der Waals surface area contributed by atoms with Crippen LogP contribution in [0.15, 0.2) is 24.3 Å². The number of nitrogens with two attached hydrogens (primary N) is 1. The SMILES string of the molecule is CC(N)c1ccc(C(OC(=O)N2CCNCC2)C(C2CC2)C(C)(C)C)cc1. The predicted molar refractivity (Wildman–Crippen MR) is 108 cm³/mol. The van der Waals surface area contributed by atoms with Gasteiger partial charge in [-0.05, 0) is 42.2 Å². The minimum Gasteiger partial charge on any atom is -0.441 e. The van der Waals surface area contributed by atoms with Gasteiger partial charge in [0.25, 0.3) is 0 Å². The lowest BCUT2D eigenvalue weighted by molar-refractivity contribution is -0.0101. The van der Waals surface area contributed by atoms with Crippen molar-refractivity contribution < 1.29 is 9.53 Å². The third-order valence-electron chi connectivity index (χ3n) is 5.85. The molecule has 5 nitrogen and oxygen atoms in total. The van der Waals surface area contributed by atoms with Crippen LogP contribution in [0.25, 0.3) is 0 Å². The van der Waals surface area contributed by atoms with Crippen LogP contribution in [0.3, 0.4) is 0 Å². The first kappa shape index (κ1) is 20.2. The number of nitrogens with zero attached hydrogens (tertiary/aromatic N) is 1. The number of benzene rings is 1. The summed E-state index contributed by atoms with van der Waals surface area (Å²) in [5, 5.41) is 3.29. The Morgan fingerprint density at radius 2 is 1.70 bits per heavy atom. The Morgan fingerprint density at radius 3 is 2.19 bits per heavy atom. The molecule has 3 rings (SSSR count). The Balaban J connectivity index is 1.86. The fourth-order valence-corrected chi connectivity index (χ4v) is 4.23. The Hall–Kier alpha value is -1.59. The topological polar surface area (TPSA) is 67.6 Å². The molecule has 3 N–H and O–H groups in total. The van der Waals surface area contributed by atoms with E-state index >= 15 is 0 Å². The Kier molecular flexibility index (Phi) is 6.11. The molecule has 2 aliphatic rings. The molecule has 1 aromatic carbocycles. The summed E-state index contributed by atoms with van der Waals surface area (Å²) >= 11 is 0. The van der Waals surface area contributed by atoms with E-state index in [1.165, 1.54) is 12.8 Å². The average Bonchev–Trinajstić information content (AvgIpc) is 3.45. The van der Waals surface area contributed by atoms with Gasteiger partial charge in [0.05, 0.1) is 0 Å². The van der Waals surface area contributed by atoms with E-state index in [0.29, 0.717) is 24.9 Å². The van der Waals surface area contributed by atoms with Crippen molar-refractivity contribution in [3.63, 3.8) is 0 Å². The number of ether oxygens (including phenoxy) is 1. The molecule has 1 aliphatic carbocycles. The van der Waals surface area contributed by atoms with Crippen molar-refractivity contribution in [2.24, 2.45) is 23.0 Å². The van der Waals surface area contributed by atoms with Crippen LogP contribution in [-0.4, -0.2) is 37.2 Å². The number of hydrogen-bond acceptors (Lipinski definition) is 4. The fourth-order valence-electron chi connectivity index (χ4n) is 4.23. The summed E-state index contributed by atoms with van der Waals surface area (Å²) in [5.41, 5.74) is 8.25. The lowest BCUT2D eigenvalue weighted by Gasteiger charge is -2.38. The van der Waals surface area contributed by atoms with Gasteiger partial charge in [-0.2, -0.15) is 0 Å². The number of piperazine rings is 1. The van der Waals surface area contributed by atoms with Gasteiger partial charge in [0.15, 0.2) is 0 Å². The first-order chi connectivity index (χ1) is 12.8. The van der Waals surface area contributed by atoms with Gasteiger partial charge >= 0.3 is 6.09 Å². The van der Waals surface area contributed by atoms with E-state index in [2.05, 4.69) is 50.4 Å². The standard InChI is InChI=1S/C22H35N3O2/c1-15(23)16-5-9-18(10-6-16)20(19(17-7-8-17)22(2,3)4)27-21(26)25-13-11-24-12-14-25/h5-6,9-10,15,17,19-20,24H,7-8,11-14,23H2,1-4H3. The minimum atomic E-state index is -0.220. The lowest BCUT2D eigenvalue weighted by Crippen LogP contribution is -2.47. The minimum absolute atomic E-state index is 0.00254. The largest absolute Gasteiger partial charge is 0.441 e. The smallest absolute Gasteiger partial charge is 0.410 e. The van der Waals surface area contributed by atoms with Crippen molar-refractivity contribution in [3.05, 3.63) is 35.4 Å². The summed E-state index contributed by atoms with van der Waals surface area (Å²) in [6.07, 6.45) is 2.04. The van der Waals surface area contributed by atoms with E-state index in [0.717, 1.165) is 24.2 Å². The van der Waals surface area contributed by atoms with E-state index in [-0.39, 0.29) is 23.7 Å². The summed E-state index contributed by atoms with van der Waals surface area (Å²) in [4.78, 5) is 14.7. The highest BCUT2D eigenvalue weighted by atomic mass is 16.6. The van der Waals surface area contributed by atoms with Crippen molar-refractivity contribution in [2.75, 3.05) is 26.2 Å². The third kappa shape index (κ3) is 5.02. The highest BCUT2D eigenvalue weighted by Crippen LogP contribution is 2.52. The van der Waals surface area contributed by atoms with E-state index < -0.39 is 0 Å². The summed E-state index contributed by atoms with van der Waals surface area (Å²) in [6.45, 7) is 11.8. The maximum atomic E-state index is 12.9. The predicted octanol–water partition coefficient (Wildman–Crippen LogP) is 3.86. The van der Waals surface area contributed by atoms with Crippen LogP contribution in [-0.2, 0) is 4.74 Å². The molecular weight excluding hydrogens is 338 g/mol. The molecule has 27 heavy (non-hydrogen) atoms. The zero-order chi connectivity index (χ0) is 19.6. The molecule has 0 bridgehead atoms. The Morgan fingerprint density at radius 1 is 1.15 bits per heavy atom. The maximum Gasteiger partial charge on any atom is 0.410 e. The van der Waals surface area contributed by atoms with E-state index in [9.17, 15) is 4.79 Å². The second kappa shape index (κ2) is 8.19. The van der Waals surface area contributed by atoms with Crippen LogP contribution in [0.4, 0.5) is 4.79 Å². The molecule has 1 aliphatic heterocycles. The van der Waals surface area contributed by atoms with Crippen LogP contribution in [0.5, 0.6) is 0 Å². The van der Waals surface area contributed by atoms with Crippen LogP contribution < -0.4 is 11.1 Å². The molecule has 0 spiro atoms. The zero-order valence-corrected chi connectivity index (χ0v) is 17.2. The molecule has 0 aromatic heterocycles. The molecule has 1 saturated heterocycles. The van der Waals surface area contributed by atoms with Gasteiger partial charge in [0.1, 0.15) is 6.10 Å². The third-order valence-corrected chi connectivity index (χ3v) is 5.85. The fraction of sp³-hybridized carbons (Fsp3) is 0.682. The number of amides is 1. The molecule has 3 unspecified atom stereocenters. The summed E-state index contributed by atoms with van der Waals surface area (Å²) < 4.78 is 6.19. The van der Waals surface area contributed by atoms with Crippen molar-refractivity contribution in [1.82, 2.24) is 10.2 Å². The molecular formula is C22H35N3O2. The first-order valence-corrected chi connectivity index (χ1v) is 10.3. The lowest BCUT2D eigenvalue weighted by atomic mass is 9.72. The van der Waals surface area contributed by atoms with Crippen molar-refractivity contribution >= 4 is 6.09 Å². The number of nitrogens with one attached hydrogen (secondary N) is 1. The highest BCUT2D eigenvalue weighted by molar-refractivity contribution is 5.68. The van der Waals surface area contributed by atoms with Gasteiger partial charge in [0, 0.05) is 38.1 Å². The van der Waals surface area contributed by atoms with E-state index in [4.69, 9.17) is 10.5 Å². The zero-order valence-electron chi connectivity index (χ0n) is 17.2. The average molecular weight is 374 g/mol. The monoisotopic (exact) mass is 373 g/mol. The van der Waals surface area contributed by atoms with E-state index in [1.54, 1.807) is 0 Å². The van der Waals surface area contributed by atoms with Crippen LogP contribution in [0.2, 0.25) is 0 Å². The van der Waals surface area contributed by atoms with Crippen LogP contribution >= 0.6 is 0 Å². The van der Waals surface area contributed by atoms with Gasteiger partial charge < -0.3 is 20.7 Å². The maximum absolute atomic E-state index is 12.9. The van der Waals surface area contributed by atoms with Crippen molar-refractivity contribution in [3.8, 4) is 0 Å². The number of rotatable bonds is 5. The van der Waals surface area contributed by atoms with Crippen molar-refractivity contribution in [1.29, 1.82) is 0 Å². The normalized spacial score (nSPS) is 21.4. The van der Waals surface area contributed by atoms with Gasteiger partial charge in [0.2, 0.25) is 0 Å². The number of hydrogen-bond donors (Lipinski definition) is 2. The quantitative estimate of drug-likeness (QED) is 0.822. The van der Waals surface area contributed by atoms with E-state index in [1.807, 2.05) is 11.8 Å². The molecule has 1 saturated carbocycles. The molecule has 1 heterocycles. The molecule has 150 valence electrons. The highest BCUT2D eigenvalue weighted by Gasteiger charge is 2.46. The van der Waals surface area contributed by atoms with Gasteiger partial charge in [-0.3, -0.25) is 0 Å².